The van der Waals surface area contributed by atoms with Crippen molar-refractivity contribution >= 4 is 121 Å². The van der Waals surface area contributed by atoms with Crippen LogP contribution in [0.3, 0.4) is 0 Å². The maximum Gasteiger partial charge on any atom is 0.409 e. The van der Waals surface area contributed by atoms with E-state index in [1.165, 1.54) is 81.9 Å². The number of esters is 1. The van der Waals surface area contributed by atoms with Crippen LogP contribution < -0.4 is 57.9 Å². The number of phenols is 1. The Morgan fingerprint density at radius 2 is 1.42 bits per heavy atom. The van der Waals surface area contributed by atoms with Gasteiger partial charge in [0.15, 0.2) is 5.72 Å². The summed E-state index contributed by atoms with van der Waals surface area (Å²) in [5.41, 5.74) is 6.86. The number of benzene rings is 4. The summed E-state index contributed by atoms with van der Waals surface area (Å²) in [6.07, 6.45) is 0.824. The van der Waals surface area contributed by atoms with Gasteiger partial charge in [-0.2, -0.15) is 0 Å². The number of aromatic nitrogens is 1. The number of anilines is 1. The number of carbonyl (C=O) groups excluding carboxylic acids is 12. The van der Waals surface area contributed by atoms with Crippen LogP contribution in [0.1, 0.15) is 121 Å². The molecule has 0 spiro atoms. The van der Waals surface area contributed by atoms with Crippen LogP contribution in [0, 0.1) is 5.92 Å². The van der Waals surface area contributed by atoms with Gasteiger partial charge in [0.05, 0.1) is 37.2 Å². The molecule has 0 saturated carbocycles. The highest BCUT2D eigenvalue weighted by atomic mass is 35.5. The summed E-state index contributed by atoms with van der Waals surface area (Å²) in [6, 6.07) is 15.3. The fraction of sp³-hybridized carbons (Fsp3) is 0.512. The molecule has 0 aliphatic carbocycles. The molecule has 5 aromatic rings. The third kappa shape index (κ3) is 25.9. The fourth-order valence-corrected chi connectivity index (χ4v) is 17.3. The van der Waals surface area contributed by atoms with Crippen molar-refractivity contribution < 1.29 is 96.5 Å². The van der Waals surface area contributed by atoms with E-state index < -0.39 is 168 Å². The molecule has 15 atom stereocenters. The predicted molar refractivity (Wildman–Crippen MR) is 460 cm³/mol. The number of amides is 11. The number of ether oxygens (including phenoxy) is 5. The number of alkyl carbamates (subject to hydrolysis) is 1. The number of aliphatic hydroxyl groups excluding tert-OH is 1. The Morgan fingerprint density at radius 3 is 2.11 bits per heavy atom. The van der Waals surface area contributed by atoms with Crippen LogP contribution in [0.25, 0.3) is 10.9 Å². The highest BCUT2D eigenvalue weighted by Gasteiger charge is 2.65. The molecule has 14 N–H and O–H groups in total. The van der Waals surface area contributed by atoms with Gasteiger partial charge in [0.2, 0.25) is 59.1 Å². The molecule has 4 aliphatic rings. The Labute approximate surface area is 722 Å². The van der Waals surface area contributed by atoms with Gasteiger partial charge >= 0.3 is 12.1 Å². The third-order valence-corrected chi connectivity index (χ3v) is 25.1. The minimum Gasteiger partial charge on any atom is -0.508 e. The molecule has 9 rings (SSSR count). The Balaban J connectivity index is 0.818. The van der Waals surface area contributed by atoms with Gasteiger partial charge in [0, 0.05) is 109 Å². The highest BCUT2D eigenvalue weighted by Crippen LogP contribution is 2.49. The fourth-order valence-electron chi connectivity index (χ4n) is 15.1. The molecule has 0 radical (unpaired) electrons. The van der Waals surface area contributed by atoms with Crippen molar-refractivity contribution in [2.45, 2.75) is 209 Å². The Bertz CT molecular complexity index is 4600. The Kier molecular flexibility index (Phi) is 35.0. The summed E-state index contributed by atoms with van der Waals surface area (Å²) in [5.74, 6) is -8.03. The van der Waals surface area contributed by atoms with Gasteiger partial charge in [-0.1, -0.05) is 137 Å². The quantitative estimate of drug-likeness (QED) is 0.0127. The second-order valence-electron chi connectivity index (χ2n) is 31.5. The summed E-state index contributed by atoms with van der Waals surface area (Å²) < 4.78 is 29.6. The van der Waals surface area contributed by atoms with E-state index in [1.807, 2.05) is 31.2 Å². The largest absolute Gasteiger partial charge is 0.508 e. The van der Waals surface area contributed by atoms with E-state index in [9.17, 15) is 58.5 Å². The number of nitrogens with zero attached hydrogens (tertiary/aromatic N) is 3. The molecule has 3 saturated heterocycles. The number of hydrogen-bond donors (Lipinski definition) is 13. The average molecular weight is 1750 g/mol. The first-order chi connectivity index (χ1) is 58.1. The number of nitrogens with one attached hydrogen (secondary N) is 9. The Hall–Kier alpha value is -10.3. The van der Waals surface area contributed by atoms with Crippen molar-refractivity contribution in [2.24, 2.45) is 11.7 Å². The van der Waals surface area contributed by atoms with Crippen LogP contribution in [-0.2, 0) is 97.4 Å². The SMILES string of the molecule is COc1cc2cc(c1Cl)N(C)C(=O)C[C@H](OC(=O)[C@H](C)N(C)C(=O)CCSSCC(=O)NCCNC(=O)CCC[C@H]1C(=O)N[C@@H](Cc3ccc(O)cc3)C(=O)N[C@H](Cc3c[nH]c4ccccc34)C(=O)N[C@@H](CCCCCN)C(=O)N[C@@H]([C@@H](C)O)C(=O)N[C@@H](Cc3ccccc3)C(=O)N1C)[C@]1(C)O[C@H]1[C@H](C)[C@@H]1C[C@@](O)(NC(=O)O1)[C@H](OC)/C=C/C=C(\C)C2. The number of unbranched alkanes of at least 4 members (excludes halogenated alkanes) is 2. The van der Waals surface area contributed by atoms with Crippen LogP contribution >= 0.6 is 33.2 Å². The number of fused-ring (bicyclic) bond motifs is 6. The zero-order valence-corrected chi connectivity index (χ0v) is 72.7. The van der Waals surface area contributed by atoms with Crippen molar-refractivity contribution in [3.63, 3.8) is 0 Å². The monoisotopic (exact) mass is 1750 g/mol. The maximum atomic E-state index is 15.2. The second kappa shape index (κ2) is 44.7. The molecule has 1 aromatic heterocycles. The van der Waals surface area contributed by atoms with Crippen molar-refractivity contribution in [3.8, 4) is 11.5 Å². The van der Waals surface area contributed by atoms with Crippen LogP contribution in [0.4, 0.5) is 10.5 Å². The van der Waals surface area contributed by atoms with Crippen LogP contribution in [0.5, 0.6) is 11.5 Å². The number of carbonyl (C=O) groups is 12. The van der Waals surface area contributed by atoms with Crippen molar-refractivity contribution in [2.75, 3.05) is 71.4 Å². The molecular formula is C86H114ClN13O20S2. The van der Waals surface area contributed by atoms with E-state index in [-0.39, 0.29) is 93.2 Å². The minimum absolute atomic E-state index is 0.00515. The predicted octanol–water partition coefficient (Wildman–Crippen LogP) is 4.77. The average Bonchev–Trinajstić information content (AvgIpc) is 1.56. The van der Waals surface area contributed by atoms with Crippen molar-refractivity contribution in [1.29, 1.82) is 0 Å². The molecule has 11 amide bonds. The lowest BCUT2D eigenvalue weighted by molar-refractivity contribution is -0.162. The number of allylic oxidation sites excluding steroid dienone is 3. The van der Waals surface area contributed by atoms with Crippen LogP contribution in [0.15, 0.2) is 121 Å². The van der Waals surface area contributed by atoms with Gasteiger partial charge in [0.1, 0.15) is 82.7 Å². The van der Waals surface area contributed by atoms with Crippen LogP contribution in [0.2, 0.25) is 5.02 Å². The molecule has 3 fully saturated rings. The standard InChI is InChI=1S/C86H114ClN13O20S2/c1-49-21-19-28-68(117-10)86(115)46-67(118-84(114)97-86)50(2)76-85(5,120-76)69(45-73(106)99(7)65-42-55(39-49)43-66(116-9)74(65)87)119-83(113)51(3)98(6)72(105)34-38-121-122-48-71(104)90-37-36-89-70(103)29-20-27-64-80(110)94-61(40-54-30-32-57(102)33-31-54)78(108)93-62(44-56-47-91-59-25-17-16-24-58(56)59)79(109)92-60(26-15-12-18-35-88)77(107)96-75(52(4)101)81(111)95-63(82(112)100(64)8)41-53-22-13-11-14-23-53/h11,13-14,16-17,19,21-25,28,30-33,42-43,47,50-52,60-64,67-69,75-76,91,101-102,115H,12,15,18,20,26-27,29,34-41,44-46,48,88H2,1-10H3,(H,89,103)(H,90,104)(H,92,109)(H,93,108)(H,94,110)(H,95,111)(H,96,107)(H,97,114)/b28-19+,49-21+/t50-,51+,52-,60+,61+,62-,63+,64+,67+,68-,69+,75+,76+,85+,86+/m1/s1. The number of aromatic hydroxyl groups is 1. The van der Waals surface area contributed by atoms with E-state index in [4.69, 9.17) is 41.0 Å². The number of para-hydroxylation sites is 1. The van der Waals surface area contributed by atoms with E-state index in [0.717, 1.165) is 37.7 Å². The topological polar surface area (TPSA) is 463 Å². The van der Waals surface area contributed by atoms with Crippen molar-refractivity contribution in [3.05, 3.63) is 148 Å². The smallest absolute Gasteiger partial charge is 0.409 e. The first-order valence-corrected chi connectivity index (χ1v) is 43.7. The number of phenolic OH excluding ortho intramolecular Hbond substituents is 1. The summed E-state index contributed by atoms with van der Waals surface area (Å²) >= 11 is 6.87. The number of halogens is 1. The number of likely N-dealkylation sites (N-methyl/N-ethyl adjacent to an activating group) is 2. The lowest BCUT2D eigenvalue weighted by atomic mass is 9.83. The van der Waals surface area contributed by atoms with Crippen molar-refractivity contribution in [1.82, 2.24) is 57.3 Å². The molecule has 36 heteroatoms. The molecule has 33 nitrogen and oxygen atoms in total. The van der Waals surface area contributed by atoms with Gasteiger partial charge in [-0.3, -0.25) is 53.3 Å². The minimum atomic E-state index is -1.92. The third-order valence-electron chi connectivity index (χ3n) is 22.5. The van der Waals surface area contributed by atoms with Gasteiger partial charge in [0.25, 0.3) is 0 Å². The number of rotatable bonds is 30. The molecule has 122 heavy (non-hydrogen) atoms. The van der Waals surface area contributed by atoms with E-state index in [2.05, 4.69) is 47.5 Å². The van der Waals surface area contributed by atoms with E-state index >= 15 is 14.4 Å². The second-order valence-corrected chi connectivity index (χ2v) is 34.5. The number of methoxy groups -OCH3 is 2. The Morgan fingerprint density at radius 1 is 0.770 bits per heavy atom. The van der Waals surface area contributed by atoms with E-state index in [0.29, 0.717) is 60.4 Å². The van der Waals surface area contributed by atoms with E-state index in [1.54, 1.807) is 92.9 Å². The van der Waals surface area contributed by atoms with Crippen LogP contribution in [-0.4, -0.2) is 252 Å². The van der Waals surface area contributed by atoms with Gasteiger partial charge < -0.3 is 102 Å². The van der Waals surface area contributed by atoms with Gasteiger partial charge in [-0.05, 0) is 119 Å². The van der Waals surface area contributed by atoms with Gasteiger partial charge in [-0.15, -0.1) is 0 Å². The summed E-state index contributed by atoms with van der Waals surface area (Å²) in [7, 11) is 9.54. The number of aromatic amines is 1. The zero-order valence-electron chi connectivity index (χ0n) is 70.3. The summed E-state index contributed by atoms with van der Waals surface area (Å²) in [4.78, 5) is 179. The summed E-state index contributed by atoms with van der Waals surface area (Å²) in [6.45, 7) is 8.40. The highest BCUT2D eigenvalue weighted by molar-refractivity contribution is 8.76. The molecule has 5 heterocycles. The number of H-pyrrole nitrogens is 1. The lowest BCUT2D eigenvalue weighted by Crippen LogP contribution is -2.63. The first-order valence-electron chi connectivity index (χ1n) is 40.8. The molecule has 4 aromatic carbocycles. The first kappa shape index (κ1) is 95.6. The molecular weight excluding hydrogens is 1630 g/mol. The molecule has 0 unspecified atom stereocenters. The lowest BCUT2D eigenvalue weighted by Gasteiger charge is -2.42. The molecule has 4 bridgehead atoms. The number of epoxide rings is 1. The number of hydrogen-bond acceptors (Lipinski definition) is 23. The zero-order chi connectivity index (χ0) is 88.7. The molecule has 662 valence electrons. The normalized spacial score (nSPS) is 25.8. The van der Waals surface area contributed by atoms with Gasteiger partial charge in [-0.25, -0.2) is 9.59 Å². The maximum absolute atomic E-state index is 15.2. The number of nitrogens with two attached hydrogens (primary N) is 1. The number of aliphatic hydroxyl groups is 2. The molecule has 4 aliphatic heterocycles. The summed E-state index contributed by atoms with van der Waals surface area (Å²) in [5, 5.41) is 56.2.